The number of piperazine rings is 1. The molecule has 4 rings (SSSR count). The van der Waals surface area contributed by atoms with Gasteiger partial charge in [-0.05, 0) is 18.0 Å². The SMILES string of the molecule is CCN1CCN(C(=O)C2CC(=O)c3sc(NC(=O)c4cccs4)nc3C2)CC1. The summed E-state index contributed by atoms with van der Waals surface area (Å²) in [6.45, 7) is 6.29. The number of rotatable bonds is 4. The number of nitrogens with zero attached hydrogens (tertiary/aromatic N) is 3. The van der Waals surface area contributed by atoms with E-state index >= 15 is 0 Å². The van der Waals surface area contributed by atoms with Crippen LogP contribution >= 0.6 is 22.7 Å². The van der Waals surface area contributed by atoms with Crippen LogP contribution in [-0.2, 0) is 11.2 Å². The first-order chi connectivity index (χ1) is 13.5. The Morgan fingerprint density at radius 3 is 2.71 bits per heavy atom. The Morgan fingerprint density at radius 2 is 2.04 bits per heavy atom. The third-order valence-electron chi connectivity index (χ3n) is 5.27. The van der Waals surface area contributed by atoms with Crippen molar-refractivity contribution in [3.8, 4) is 0 Å². The first-order valence-electron chi connectivity index (χ1n) is 9.44. The molecular weight excluding hydrogens is 396 g/mol. The van der Waals surface area contributed by atoms with Gasteiger partial charge < -0.3 is 9.80 Å². The van der Waals surface area contributed by atoms with Crippen LogP contribution in [0, 0.1) is 5.92 Å². The van der Waals surface area contributed by atoms with E-state index in [1.165, 1.54) is 22.7 Å². The molecule has 7 nitrogen and oxygen atoms in total. The smallest absolute Gasteiger partial charge is 0.267 e. The standard InChI is InChI=1S/C19H22N4O3S2/c1-2-22-5-7-23(8-6-22)18(26)12-10-13-16(14(24)11-12)28-19(20-13)21-17(25)15-4-3-9-27-15/h3-4,9,12H,2,5-8,10-11H2,1H3,(H,20,21,25). The van der Waals surface area contributed by atoms with Crippen LogP contribution in [0.15, 0.2) is 17.5 Å². The summed E-state index contributed by atoms with van der Waals surface area (Å²) in [5.41, 5.74) is 0.633. The zero-order chi connectivity index (χ0) is 19.7. The number of likely N-dealkylation sites (N-methyl/N-ethyl adjacent to an activating group) is 1. The van der Waals surface area contributed by atoms with Gasteiger partial charge in [-0.1, -0.05) is 24.3 Å². The number of Topliss-reactive ketones (excluding diaryl/α,β-unsaturated/α-hetero) is 1. The normalized spacial score (nSPS) is 20.1. The van der Waals surface area contributed by atoms with Crippen LogP contribution < -0.4 is 5.32 Å². The van der Waals surface area contributed by atoms with Crippen LogP contribution in [-0.4, -0.2) is 65.1 Å². The maximum atomic E-state index is 12.9. The molecule has 0 spiro atoms. The Balaban J connectivity index is 1.43. The fourth-order valence-corrected chi connectivity index (χ4v) is 5.22. The predicted octanol–water partition coefficient (Wildman–Crippen LogP) is 2.37. The summed E-state index contributed by atoms with van der Waals surface area (Å²) in [6.07, 6.45) is 0.680. The Labute approximate surface area is 171 Å². The molecule has 0 saturated carbocycles. The molecule has 0 radical (unpaired) electrons. The molecule has 0 bridgehead atoms. The molecule has 1 aliphatic carbocycles. The lowest BCUT2D eigenvalue weighted by molar-refractivity contribution is -0.137. The molecule has 9 heteroatoms. The molecule has 1 aliphatic heterocycles. The average molecular weight is 419 g/mol. The number of hydrogen-bond acceptors (Lipinski definition) is 7. The van der Waals surface area contributed by atoms with Gasteiger partial charge >= 0.3 is 0 Å². The summed E-state index contributed by atoms with van der Waals surface area (Å²) in [7, 11) is 0. The summed E-state index contributed by atoms with van der Waals surface area (Å²) >= 11 is 2.55. The van der Waals surface area contributed by atoms with Crippen molar-refractivity contribution in [2.45, 2.75) is 19.8 Å². The summed E-state index contributed by atoms with van der Waals surface area (Å²) in [4.78, 5) is 47.5. The van der Waals surface area contributed by atoms with Gasteiger partial charge in [-0.25, -0.2) is 4.98 Å². The van der Waals surface area contributed by atoms with Gasteiger partial charge in [-0.15, -0.1) is 11.3 Å². The molecule has 2 aliphatic rings. The van der Waals surface area contributed by atoms with Gasteiger partial charge in [0.2, 0.25) is 5.91 Å². The lowest BCUT2D eigenvalue weighted by Crippen LogP contribution is -2.51. The third-order valence-corrected chi connectivity index (χ3v) is 7.19. The Bertz CT molecular complexity index is 885. The number of anilines is 1. The fourth-order valence-electron chi connectivity index (χ4n) is 3.67. The van der Waals surface area contributed by atoms with Gasteiger partial charge in [0.05, 0.1) is 21.4 Å². The van der Waals surface area contributed by atoms with E-state index in [1.54, 1.807) is 6.07 Å². The van der Waals surface area contributed by atoms with Crippen molar-refractivity contribution in [2.75, 3.05) is 38.0 Å². The topological polar surface area (TPSA) is 82.6 Å². The van der Waals surface area contributed by atoms with E-state index in [0.717, 1.165) is 19.6 Å². The van der Waals surface area contributed by atoms with Gasteiger partial charge in [0, 0.05) is 39.0 Å². The van der Waals surface area contributed by atoms with E-state index in [9.17, 15) is 14.4 Å². The molecule has 1 fully saturated rings. The minimum absolute atomic E-state index is 0.0481. The van der Waals surface area contributed by atoms with Crippen molar-refractivity contribution < 1.29 is 14.4 Å². The maximum Gasteiger partial charge on any atom is 0.267 e. The molecule has 2 aromatic rings. The number of thiophene rings is 1. The van der Waals surface area contributed by atoms with Crippen molar-refractivity contribution in [2.24, 2.45) is 5.92 Å². The summed E-state index contributed by atoms with van der Waals surface area (Å²) in [5, 5.41) is 5.02. The highest BCUT2D eigenvalue weighted by molar-refractivity contribution is 7.18. The van der Waals surface area contributed by atoms with Crippen LogP contribution in [0.4, 0.5) is 5.13 Å². The minimum atomic E-state index is -0.351. The van der Waals surface area contributed by atoms with Crippen LogP contribution in [0.3, 0.4) is 0 Å². The molecule has 3 heterocycles. The Hall–Kier alpha value is -2.10. The van der Waals surface area contributed by atoms with E-state index in [-0.39, 0.29) is 29.9 Å². The van der Waals surface area contributed by atoms with Gasteiger partial charge in [0.15, 0.2) is 10.9 Å². The molecular formula is C19H22N4O3S2. The molecule has 1 saturated heterocycles. The first-order valence-corrected chi connectivity index (χ1v) is 11.1. The van der Waals surface area contributed by atoms with Crippen molar-refractivity contribution in [3.05, 3.63) is 33.0 Å². The lowest BCUT2D eigenvalue weighted by Gasteiger charge is -2.36. The molecule has 2 amide bonds. The van der Waals surface area contributed by atoms with E-state index in [1.807, 2.05) is 16.3 Å². The monoisotopic (exact) mass is 418 g/mol. The summed E-state index contributed by atoms with van der Waals surface area (Å²) in [5.74, 6) is -0.584. The highest BCUT2D eigenvalue weighted by atomic mass is 32.1. The van der Waals surface area contributed by atoms with Gasteiger partial charge in [-0.3, -0.25) is 19.7 Å². The van der Waals surface area contributed by atoms with E-state index in [0.29, 0.717) is 40.1 Å². The fraction of sp³-hybridized carbons (Fsp3) is 0.474. The van der Waals surface area contributed by atoms with Crippen molar-refractivity contribution in [3.63, 3.8) is 0 Å². The zero-order valence-corrected chi connectivity index (χ0v) is 17.3. The van der Waals surface area contributed by atoms with Crippen molar-refractivity contribution >= 4 is 45.4 Å². The molecule has 1 unspecified atom stereocenters. The number of aromatic nitrogens is 1. The highest BCUT2D eigenvalue weighted by Gasteiger charge is 2.36. The Kier molecular flexibility index (Phi) is 5.56. The van der Waals surface area contributed by atoms with E-state index in [4.69, 9.17) is 0 Å². The quantitative estimate of drug-likeness (QED) is 0.824. The number of thiazole rings is 1. The number of amides is 2. The lowest BCUT2D eigenvalue weighted by atomic mass is 9.88. The largest absolute Gasteiger partial charge is 0.340 e. The average Bonchev–Trinajstić information content (AvgIpc) is 3.37. The first kappa shape index (κ1) is 19.2. The summed E-state index contributed by atoms with van der Waals surface area (Å²) < 4.78 is 0. The number of ketones is 1. The van der Waals surface area contributed by atoms with Crippen molar-refractivity contribution in [1.82, 2.24) is 14.8 Å². The molecule has 1 atom stereocenters. The second kappa shape index (κ2) is 8.10. The maximum absolute atomic E-state index is 12.9. The van der Waals surface area contributed by atoms with Gasteiger partial charge in [-0.2, -0.15) is 0 Å². The molecule has 148 valence electrons. The molecule has 1 N–H and O–H groups in total. The van der Waals surface area contributed by atoms with Gasteiger partial charge in [0.1, 0.15) is 0 Å². The number of nitrogens with one attached hydrogen (secondary N) is 1. The Morgan fingerprint density at radius 1 is 1.25 bits per heavy atom. The van der Waals surface area contributed by atoms with Crippen LogP contribution in [0.5, 0.6) is 0 Å². The molecule has 2 aromatic heterocycles. The minimum Gasteiger partial charge on any atom is -0.340 e. The van der Waals surface area contributed by atoms with Crippen LogP contribution in [0.1, 0.15) is 38.4 Å². The van der Waals surface area contributed by atoms with Crippen LogP contribution in [0.25, 0.3) is 0 Å². The number of carbonyl (C=O) groups is 3. The van der Waals surface area contributed by atoms with Crippen LogP contribution in [0.2, 0.25) is 0 Å². The van der Waals surface area contributed by atoms with E-state index < -0.39 is 0 Å². The van der Waals surface area contributed by atoms with Gasteiger partial charge in [0.25, 0.3) is 5.91 Å². The predicted molar refractivity (Wildman–Crippen MR) is 109 cm³/mol. The van der Waals surface area contributed by atoms with Crippen molar-refractivity contribution in [1.29, 1.82) is 0 Å². The second-order valence-electron chi connectivity index (χ2n) is 7.01. The highest BCUT2D eigenvalue weighted by Crippen LogP contribution is 2.33. The van der Waals surface area contributed by atoms with E-state index in [2.05, 4.69) is 22.1 Å². The number of fused-ring (bicyclic) bond motifs is 1. The number of carbonyl (C=O) groups excluding carboxylic acids is 3. The third kappa shape index (κ3) is 3.87. The molecule has 28 heavy (non-hydrogen) atoms. The molecule has 0 aromatic carbocycles. The zero-order valence-electron chi connectivity index (χ0n) is 15.6. The summed E-state index contributed by atoms with van der Waals surface area (Å²) in [6, 6.07) is 3.55. The second-order valence-corrected chi connectivity index (χ2v) is 8.96. The number of hydrogen-bond donors (Lipinski definition) is 1.